The van der Waals surface area contributed by atoms with Crippen molar-refractivity contribution in [3.63, 3.8) is 0 Å². The fraction of sp³-hybridized carbons (Fsp3) is 1.00. The molecule has 0 aromatic carbocycles. The van der Waals surface area contributed by atoms with Crippen LogP contribution in [0, 0.1) is 11.8 Å². The largest absolute Gasteiger partial charge is 0.379 e. The van der Waals surface area contributed by atoms with Gasteiger partial charge in [0.15, 0.2) is 0 Å². The Hall–Kier alpha value is -0.120. The average Bonchev–Trinajstić information content (AvgIpc) is 2.61. The van der Waals surface area contributed by atoms with Crippen molar-refractivity contribution in [3.8, 4) is 0 Å². The molecule has 142 valence electrons. The van der Waals surface area contributed by atoms with E-state index in [2.05, 4.69) is 37.5 Å². The lowest BCUT2D eigenvalue weighted by Crippen LogP contribution is -2.49. The smallest absolute Gasteiger partial charge is 0.0575 e. The molecule has 3 nitrogen and oxygen atoms in total. The van der Waals surface area contributed by atoms with E-state index in [9.17, 15) is 0 Å². The summed E-state index contributed by atoms with van der Waals surface area (Å²) in [7, 11) is 0. The van der Waals surface area contributed by atoms with Crippen molar-refractivity contribution in [2.45, 2.75) is 84.8 Å². The van der Waals surface area contributed by atoms with Gasteiger partial charge in [-0.3, -0.25) is 4.90 Å². The molecule has 2 rings (SSSR count). The van der Waals surface area contributed by atoms with Gasteiger partial charge in [-0.1, -0.05) is 13.8 Å². The highest BCUT2D eigenvalue weighted by Gasteiger charge is 2.24. The van der Waals surface area contributed by atoms with E-state index in [0.29, 0.717) is 6.10 Å². The number of rotatable bonds is 9. The maximum absolute atomic E-state index is 5.79. The average molecular weight is 339 g/mol. The number of hydrogen-bond donors (Lipinski definition) is 0. The van der Waals surface area contributed by atoms with E-state index in [1.807, 2.05) is 0 Å². The van der Waals surface area contributed by atoms with Crippen LogP contribution in [0.15, 0.2) is 0 Å². The predicted molar refractivity (Wildman–Crippen MR) is 104 cm³/mol. The molecule has 0 radical (unpaired) electrons. The van der Waals surface area contributed by atoms with Crippen LogP contribution < -0.4 is 0 Å². The Labute approximate surface area is 151 Å². The highest BCUT2D eigenvalue weighted by atomic mass is 16.5. The molecule has 1 saturated heterocycles. The second-order valence-electron chi connectivity index (χ2n) is 8.36. The summed E-state index contributed by atoms with van der Waals surface area (Å²) in [6.45, 7) is 16.6. The number of piperazine rings is 1. The molecule has 0 bridgehead atoms. The van der Waals surface area contributed by atoms with Crippen LogP contribution in [0.1, 0.15) is 72.6 Å². The maximum atomic E-state index is 5.79. The number of nitrogens with zero attached hydrogens (tertiary/aromatic N) is 2. The molecule has 3 heteroatoms. The van der Waals surface area contributed by atoms with Crippen LogP contribution in [0.2, 0.25) is 0 Å². The molecule has 24 heavy (non-hydrogen) atoms. The normalized spacial score (nSPS) is 29.5. The molecule has 1 aliphatic carbocycles. The van der Waals surface area contributed by atoms with Gasteiger partial charge in [0.1, 0.15) is 0 Å². The Bertz CT molecular complexity index is 320. The van der Waals surface area contributed by atoms with Crippen molar-refractivity contribution in [1.29, 1.82) is 0 Å². The lowest BCUT2D eigenvalue weighted by atomic mass is 9.81. The molecule has 0 amide bonds. The molecule has 0 N–H and O–H groups in total. The van der Waals surface area contributed by atoms with Crippen molar-refractivity contribution in [2.75, 3.05) is 39.3 Å². The van der Waals surface area contributed by atoms with Crippen molar-refractivity contribution >= 4 is 0 Å². The first-order valence-corrected chi connectivity index (χ1v) is 10.7. The second kappa shape index (κ2) is 10.8. The van der Waals surface area contributed by atoms with Gasteiger partial charge >= 0.3 is 0 Å². The van der Waals surface area contributed by atoms with Crippen LogP contribution in [-0.2, 0) is 4.74 Å². The summed E-state index contributed by atoms with van der Waals surface area (Å²) >= 11 is 0. The summed E-state index contributed by atoms with van der Waals surface area (Å²) in [5, 5.41) is 0. The third-order valence-electron chi connectivity index (χ3n) is 6.49. The first-order chi connectivity index (χ1) is 11.6. The summed E-state index contributed by atoms with van der Waals surface area (Å²) in [5.41, 5.74) is 0. The summed E-state index contributed by atoms with van der Waals surface area (Å²) in [5.74, 6) is 1.84. The van der Waals surface area contributed by atoms with Crippen LogP contribution in [-0.4, -0.2) is 61.3 Å². The number of hydrogen-bond acceptors (Lipinski definition) is 3. The molecular formula is C21H42N2O. The zero-order valence-corrected chi connectivity index (χ0v) is 16.8. The van der Waals surface area contributed by atoms with Crippen molar-refractivity contribution in [3.05, 3.63) is 0 Å². The Balaban J connectivity index is 1.56. The zero-order chi connectivity index (χ0) is 17.4. The van der Waals surface area contributed by atoms with E-state index < -0.39 is 0 Å². The quantitative estimate of drug-likeness (QED) is 0.619. The Kier molecular flexibility index (Phi) is 9.07. The summed E-state index contributed by atoms with van der Waals surface area (Å²) < 4.78 is 5.79. The van der Waals surface area contributed by atoms with Gasteiger partial charge in [0, 0.05) is 38.8 Å². The molecule has 2 aliphatic rings. The molecule has 2 fully saturated rings. The van der Waals surface area contributed by atoms with Gasteiger partial charge in [0.2, 0.25) is 0 Å². The number of ether oxygens (including phenoxy) is 1. The lowest BCUT2D eigenvalue weighted by molar-refractivity contribution is 0.0227. The fourth-order valence-corrected chi connectivity index (χ4v) is 4.55. The third kappa shape index (κ3) is 6.65. The van der Waals surface area contributed by atoms with Crippen LogP contribution >= 0.6 is 0 Å². The standard InChI is InChI=1S/C21H42N2O/c1-5-19(4)23-15-13-22(14-16-23)12-11-18(3)17-20-7-9-21(10-8-20)24-6-2/h18-21H,5-17H2,1-4H3. The highest BCUT2D eigenvalue weighted by molar-refractivity contribution is 4.77. The molecular weight excluding hydrogens is 296 g/mol. The monoisotopic (exact) mass is 338 g/mol. The minimum atomic E-state index is 0.559. The van der Waals surface area contributed by atoms with E-state index in [-0.39, 0.29) is 0 Å². The van der Waals surface area contributed by atoms with Crippen molar-refractivity contribution in [1.82, 2.24) is 9.80 Å². The summed E-state index contributed by atoms with van der Waals surface area (Å²) in [6, 6.07) is 0.762. The topological polar surface area (TPSA) is 15.7 Å². The van der Waals surface area contributed by atoms with E-state index in [0.717, 1.165) is 24.5 Å². The lowest BCUT2D eigenvalue weighted by Gasteiger charge is -2.38. The van der Waals surface area contributed by atoms with Gasteiger partial charge in [-0.05, 0) is 77.2 Å². The van der Waals surface area contributed by atoms with E-state index >= 15 is 0 Å². The molecule has 0 spiro atoms. The van der Waals surface area contributed by atoms with Crippen molar-refractivity contribution in [2.24, 2.45) is 11.8 Å². The van der Waals surface area contributed by atoms with Gasteiger partial charge in [-0.2, -0.15) is 0 Å². The molecule has 1 aliphatic heterocycles. The predicted octanol–water partition coefficient (Wildman–Crippen LogP) is 4.41. The van der Waals surface area contributed by atoms with Gasteiger partial charge in [0.25, 0.3) is 0 Å². The Morgan fingerprint density at radius 3 is 2.21 bits per heavy atom. The van der Waals surface area contributed by atoms with Crippen molar-refractivity contribution < 1.29 is 4.74 Å². The van der Waals surface area contributed by atoms with Crippen LogP contribution in [0.25, 0.3) is 0 Å². The van der Waals surface area contributed by atoms with Gasteiger partial charge in [-0.15, -0.1) is 0 Å². The van der Waals surface area contributed by atoms with Crippen LogP contribution in [0.3, 0.4) is 0 Å². The Morgan fingerprint density at radius 1 is 0.958 bits per heavy atom. The molecule has 1 saturated carbocycles. The molecule has 2 atom stereocenters. The Morgan fingerprint density at radius 2 is 1.62 bits per heavy atom. The van der Waals surface area contributed by atoms with Gasteiger partial charge in [-0.25, -0.2) is 0 Å². The summed E-state index contributed by atoms with van der Waals surface area (Å²) in [4.78, 5) is 5.36. The molecule has 2 unspecified atom stereocenters. The first-order valence-electron chi connectivity index (χ1n) is 10.7. The van der Waals surface area contributed by atoms with Gasteiger partial charge < -0.3 is 9.64 Å². The van der Waals surface area contributed by atoms with Crippen LogP contribution in [0.5, 0.6) is 0 Å². The summed E-state index contributed by atoms with van der Waals surface area (Å²) in [6.07, 6.45) is 10.0. The maximum Gasteiger partial charge on any atom is 0.0575 e. The molecule has 0 aromatic heterocycles. The second-order valence-corrected chi connectivity index (χ2v) is 8.36. The first kappa shape index (κ1) is 20.2. The highest BCUT2D eigenvalue weighted by Crippen LogP contribution is 2.31. The molecule has 0 aromatic rings. The van der Waals surface area contributed by atoms with Crippen LogP contribution in [0.4, 0.5) is 0 Å². The zero-order valence-electron chi connectivity index (χ0n) is 16.8. The minimum absolute atomic E-state index is 0.559. The van der Waals surface area contributed by atoms with E-state index in [1.54, 1.807) is 0 Å². The van der Waals surface area contributed by atoms with E-state index in [1.165, 1.54) is 77.7 Å². The SMILES string of the molecule is CCOC1CCC(CC(C)CCN2CCN(C(C)CC)CC2)CC1. The fourth-order valence-electron chi connectivity index (χ4n) is 4.55. The van der Waals surface area contributed by atoms with Gasteiger partial charge in [0.05, 0.1) is 6.10 Å². The van der Waals surface area contributed by atoms with E-state index in [4.69, 9.17) is 4.74 Å². The minimum Gasteiger partial charge on any atom is -0.379 e. The molecule has 1 heterocycles. The third-order valence-corrected chi connectivity index (χ3v) is 6.49.